The summed E-state index contributed by atoms with van der Waals surface area (Å²) in [6.07, 6.45) is 4.65. The van der Waals surface area contributed by atoms with Gasteiger partial charge in [-0.25, -0.2) is 4.79 Å². The molecule has 0 saturated carbocycles. The second-order valence-electron chi connectivity index (χ2n) is 3.81. The number of hydrogen-bond acceptors (Lipinski definition) is 5. The minimum Gasteiger partial charge on any atom is -0.467 e. The molecule has 0 aliphatic heterocycles. The van der Waals surface area contributed by atoms with Gasteiger partial charge in [-0.2, -0.15) is 11.8 Å². The van der Waals surface area contributed by atoms with E-state index in [1.807, 2.05) is 11.8 Å². The Bertz CT molecular complexity index is 351. The van der Waals surface area contributed by atoms with E-state index in [-0.39, 0.29) is 5.97 Å². The van der Waals surface area contributed by atoms with Gasteiger partial charge in [-0.3, -0.25) is 0 Å². The number of methoxy groups -OCH3 is 1. The van der Waals surface area contributed by atoms with E-state index < -0.39 is 0 Å². The number of furan rings is 1. The molecule has 1 aromatic rings. The molecule has 1 aromatic heterocycles. The monoisotopic (exact) mass is 257 g/mol. The lowest BCUT2D eigenvalue weighted by Crippen LogP contribution is -2.17. The molecule has 0 aromatic carbocycles. The van der Waals surface area contributed by atoms with Crippen LogP contribution in [0.5, 0.6) is 0 Å². The van der Waals surface area contributed by atoms with Gasteiger partial charge < -0.3 is 14.5 Å². The lowest BCUT2D eigenvalue weighted by atomic mass is 10.3. The zero-order chi connectivity index (χ0) is 12.7. The van der Waals surface area contributed by atoms with E-state index in [4.69, 9.17) is 4.42 Å². The molecule has 4 nitrogen and oxygen atoms in total. The van der Waals surface area contributed by atoms with Crippen molar-refractivity contribution >= 4 is 17.7 Å². The smallest absolute Gasteiger partial charge is 0.341 e. The number of thioether (sulfide) groups is 1. The third-order valence-corrected chi connectivity index (χ3v) is 3.54. The number of nitrogens with one attached hydrogen (secondary N) is 1. The third-order valence-electron chi connectivity index (χ3n) is 2.50. The molecule has 0 aliphatic carbocycles. The molecule has 5 heteroatoms. The number of ether oxygens (including phenoxy) is 1. The van der Waals surface area contributed by atoms with Gasteiger partial charge in [0.05, 0.1) is 19.2 Å². The summed E-state index contributed by atoms with van der Waals surface area (Å²) >= 11 is 1.86. The molecule has 1 atom stereocenters. The van der Waals surface area contributed by atoms with E-state index >= 15 is 0 Å². The van der Waals surface area contributed by atoms with Crippen molar-refractivity contribution in [3.63, 3.8) is 0 Å². The molecule has 1 rings (SSSR count). The molecule has 1 unspecified atom stereocenters. The molecule has 0 fully saturated rings. The maximum atomic E-state index is 11.2. The molecule has 96 valence electrons. The molecule has 0 spiro atoms. The van der Waals surface area contributed by atoms with Crippen molar-refractivity contribution in [1.29, 1.82) is 0 Å². The first-order valence-electron chi connectivity index (χ1n) is 5.56. The summed E-state index contributed by atoms with van der Waals surface area (Å²) < 4.78 is 9.85. The number of esters is 1. The highest BCUT2D eigenvalue weighted by molar-refractivity contribution is 7.99. The van der Waals surface area contributed by atoms with Crippen molar-refractivity contribution in [3.8, 4) is 0 Å². The first-order valence-corrected chi connectivity index (χ1v) is 6.85. The van der Waals surface area contributed by atoms with Crippen LogP contribution in [0.2, 0.25) is 0 Å². The maximum absolute atomic E-state index is 11.2. The Morgan fingerprint density at radius 2 is 2.41 bits per heavy atom. The van der Waals surface area contributed by atoms with E-state index in [0.29, 0.717) is 17.4 Å². The van der Waals surface area contributed by atoms with Gasteiger partial charge in [-0.05, 0) is 25.3 Å². The minimum atomic E-state index is -0.365. The summed E-state index contributed by atoms with van der Waals surface area (Å²) in [5.41, 5.74) is 0.460. The quantitative estimate of drug-likeness (QED) is 0.600. The van der Waals surface area contributed by atoms with Gasteiger partial charge in [0.25, 0.3) is 0 Å². The average Bonchev–Trinajstić information content (AvgIpc) is 2.82. The third kappa shape index (κ3) is 4.83. The van der Waals surface area contributed by atoms with Crippen molar-refractivity contribution in [2.24, 2.45) is 0 Å². The fraction of sp³-hybridized carbons (Fsp3) is 0.583. The molecular formula is C12H19NO3S. The Kier molecular flexibility index (Phi) is 6.15. The first-order chi connectivity index (χ1) is 8.17. The van der Waals surface area contributed by atoms with Gasteiger partial charge in [0.2, 0.25) is 0 Å². The van der Waals surface area contributed by atoms with Gasteiger partial charge in [-0.15, -0.1) is 0 Å². The van der Waals surface area contributed by atoms with Crippen molar-refractivity contribution in [2.45, 2.75) is 25.1 Å². The lowest BCUT2D eigenvalue weighted by molar-refractivity contribution is 0.0600. The predicted molar refractivity (Wildman–Crippen MR) is 69.3 cm³/mol. The van der Waals surface area contributed by atoms with Crippen LogP contribution in [0, 0.1) is 0 Å². The van der Waals surface area contributed by atoms with E-state index in [1.165, 1.54) is 13.4 Å². The molecule has 1 heterocycles. The van der Waals surface area contributed by atoms with E-state index in [2.05, 4.69) is 23.2 Å². The van der Waals surface area contributed by atoms with Gasteiger partial charge in [0.1, 0.15) is 12.0 Å². The average molecular weight is 257 g/mol. The van der Waals surface area contributed by atoms with Crippen LogP contribution in [0.15, 0.2) is 16.7 Å². The van der Waals surface area contributed by atoms with Gasteiger partial charge in [0, 0.05) is 5.25 Å². The van der Waals surface area contributed by atoms with Gasteiger partial charge in [-0.1, -0.05) is 6.92 Å². The molecule has 0 saturated heterocycles. The summed E-state index contributed by atoms with van der Waals surface area (Å²) in [4.78, 5) is 11.2. The molecule has 0 radical (unpaired) electrons. The zero-order valence-electron chi connectivity index (χ0n) is 10.5. The van der Waals surface area contributed by atoms with Crippen molar-refractivity contribution in [1.82, 2.24) is 5.32 Å². The largest absolute Gasteiger partial charge is 0.467 e. The first kappa shape index (κ1) is 14.1. The summed E-state index contributed by atoms with van der Waals surface area (Å²) in [6.45, 7) is 3.78. The summed E-state index contributed by atoms with van der Waals surface area (Å²) in [7, 11) is 1.36. The van der Waals surface area contributed by atoms with E-state index in [9.17, 15) is 4.79 Å². The van der Waals surface area contributed by atoms with Crippen LogP contribution in [0.3, 0.4) is 0 Å². The Morgan fingerprint density at radius 3 is 3.06 bits per heavy atom. The van der Waals surface area contributed by atoms with Crippen LogP contribution in [-0.4, -0.2) is 31.1 Å². The van der Waals surface area contributed by atoms with E-state index in [0.717, 1.165) is 18.7 Å². The Morgan fingerprint density at radius 1 is 1.65 bits per heavy atom. The molecule has 0 amide bonds. The summed E-state index contributed by atoms with van der Waals surface area (Å²) in [5.74, 6) is 0.387. The second kappa shape index (κ2) is 7.40. The van der Waals surface area contributed by atoms with Crippen LogP contribution in [0.1, 0.15) is 29.5 Å². The van der Waals surface area contributed by atoms with Crippen molar-refractivity contribution in [2.75, 3.05) is 19.9 Å². The SMILES string of the molecule is COC(=O)c1coc(CNCCC(C)SC)c1. The molecular weight excluding hydrogens is 238 g/mol. The lowest BCUT2D eigenvalue weighted by Gasteiger charge is -2.07. The van der Waals surface area contributed by atoms with Crippen LogP contribution in [-0.2, 0) is 11.3 Å². The highest BCUT2D eigenvalue weighted by atomic mass is 32.2. The Hall–Kier alpha value is -0.940. The summed E-state index contributed by atoms with van der Waals surface area (Å²) in [6, 6.07) is 1.71. The molecule has 1 N–H and O–H groups in total. The molecule has 0 aliphatic rings. The van der Waals surface area contributed by atoms with Gasteiger partial charge >= 0.3 is 5.97 Å². The Labute approximate surface area is 106 Å². The summed E-state index contributed by atoms with van der Waals surface area (Å²) in [5, 5.41) is 3.94. The number of carbonyl (C=O) groups excluding carboxylic acids is 1. The predicted octanol–water partition coefficient (Wildman–Crippen LogP) is 2.30. The number of hydrogen-bond donors (Lipinski definition) is 1. The Balaban J connectivity index is 2.28. The maximum Gasteiger partial charge on any atom is 0.341 e. The van der Waals surface area contributed by atoms with Crippen LogP contribution >= 0.6 is 11.8 Å². The highest BCUT2D eigenvalue weighted by Crippen LogP contribution is 2.10. The second-order valence-corrected chi connectivity index (χ2v) is 5.08. The number of carbonyl (C=O) groups is 1. The molecule has 0 bridgehead atoms. The van der Waals surface area contributed by atoms with Crippen molar-refractivity contribution in [3.05, 3.63) is 23.7 Å². The standard InChI is InChI=1S/C12H19NO3S/c1-9(17-3)4-5-13-7-11-6-10(8-16-11)12(14)15-2/h6,8-9,13H,4-5,7H2,1-3H3. The number of rotatable bonds is 7. The van der Waals surface area contributed by atoms with Crippen LogP contribution in [0.4, 0.5) is 0 Å². The highest BCUT2D eigenvalue weighted by Gasteiger charge is 2.09. The fourth-order valence-corrected chi connectivity index (χ4v) is 1.69. The topological polar surface area (TPSA) is 51.5 Å². The van der Waals surface area contributed by atoms with Crippen LogP contribution in [0.25, 0.3) is 0 Å². The van der Waals surface area contributed by atoms with Gasteiger partial charge in [0.15, 0.2) is 0 Å². The molecule has 17 heavy (non-hydrogen) atoms. The fourth-order valence-electron chi connectivity index (χ4n) is 1.33. The van der Waals surface area contributed by atoms with Crippen LogP contribution < -0.4 is 5.32 Å². The van der Waals surface area contributed by atoms with E-state index in [1.54, 1.807) is 6.07 Å². The minimum absolute atomic E-state index is 0.365. The zero-order valence-corrected chi connectivity index (χ0v) is 11.3. The van der Waals surface area contributed by atoms with Crippen molar-refractivity contribution < 1.29 is 13.9 Å². The normalized spacial score (nSPS) is 12.4.